The third-order valence-corrected chi connectivity index (χ3v) is 3.50. The van der Waals surface area contributed by atoms with Gasteiger partial charge >= 0.3 is 11.9 Å². The molecule has 0 aliphatic heterocycles. The molecule has 1 unspecified atom stereocenters. The maximum Gasteiger partial charge on any atom is 0.339 e. The molecule has 0 saturated carbocycles. The van der Waals surface area contributed by atoms with Gasteiger partial charge < -0.3 is 9.84 Å². The fourth-order valence-electron chi connectivity index (χ4n) is 1.37. The number of carbonyl (C=O) groups is 2. The maximum atomic E-state index is 11.8. The Kier molecular flexibility index (Phi) is 4.85. The highest BCUT2D eigenvalue weighted by atomic mass is 32.2. The summed E-state index contributed by atoms with van der Waals surface area (Å²) < 4.78 is 36.5. The Labute approximate surface area is 115 Å². The van der Waals surface area contributed by atoms with Crippen LogP contribution < -0.4 is 0 Å². The van der Waals surface area contributed by atoms with Gasteiger partial charge in [0.05, 0.1) is 17.2 Å². The van der Waals surface area contributed by atoms with E-state index in [1.807, 2.05) is 0 Å². The number of benzene rings is 1. The van der Waals surface area contributed by atoms with Gasteiger partial charge in [0.2, 0.25) is 0 Å². The lowest BCUT2D eigenvalue weighted by Crippen LogP contribution is -2.17. The maximum absolute atomic E-state index is 11.8. The molecule has 2 N–H and O–H groups in total. The van der Waals surface area contributed by atoms with E-state index in [9.17, 15) is 18.0 Å². The molecule has 0 aromatic heterocycles. The van der Waals surface area contributed by atoms with Crippen LogP contribution in [0.2, 0.25) is 0 Å². The molecule has 8 heteroatoms. The number of carbonyl (C=O) groups excluding carboxylic acids is 1. The van der Waals surface area contributed by atoms with Crippen LogP contribution in [0.5, 0.6) is 0 Å². The average molecular weight is 302 g/mol. The zero-order valence-electron chi connectivity index (χ0n) is 10.9. The lowest BCUT2D eigenvalue weighted by Gasteiger charge is -2.12. The van der Waals surface area contributed by atoms with Gasteiger partial charge in [0.25, 0.3) is 10.1 Å². The van der Waals surface area contributed by atoms with Crippen molar-refractivity contribution in [3.8, 4) is 0 Å². The predicted molar refractivity (Wildman–Crippen MR) is 68.4 cm³/mol. The van der Waals surface area contributed by atoms with Crippen molar-refractivity contribution >= 4 is 22.1 Å². The third kappa shape index (κ3) is 3.78. The summed E-state index contributed by atoms with van der Waals surface area (Å²) in [6.07, 6.45) is 0.0936. The van der Waals surface area contributed by atoms with Gasteiger partial charge in [0.15, 0.2) is 0 Å². The molecule has 0 aliphatic carbocycles. The lowest BCUT2D eigenvalue weighted by molar-refractivity contribution is 0.0329. The first-order valence-electron chi connectivity index (χ1n) is 5.72. The lowest BCUT2D eigenvalue weighted by atomic mass is 10.1. The molecule has 1 rings (SSSR count). The van der Waals surface area contributed by atoms with E-state index in [0.717, 1.165) is 12.1 Å². The van der Waals surface area contributed by atoms with Crippen LogP contribution in [-0.2, 0) is 14.9 Å². The molecule has 0 amide bonds. The SMILES string of the molecule is CCC(C)OC(=O)c1ccc(C(=O)O)cc1S(=O)(=O)O. The first-order chi connectivity index (χ1) is 9.16. The molecule has 0 aliphatic rings. The van der Waals surface area contributed by atoms with Crippen LogP contribution in [0.25, 0.3) is 0 Å². The molecular weight excluding hydrogens is 288 g/mol. The number of aromatic carboxylic acids is 1. The van der Waals surface area contributed by atoms with Crippen molar-refractivity contribution in [2.75, 3.05) is 0 Å². The van der Waals surface area contributed by atoms with Gasteiger partial charge in [0.1, 0.15) is 4.90 Å². The molecule has 0 heterocycles. The van der Waals surface area contributed by atoms with Crippen molar-refractivity contribution in [1.29, 1.82) is 0 Å². The summed E-state index contributed by atoms with van der Waals surface area (Å²) in [5, 5.41) is 8.80. The van der Waals surface area contributed by atoms with Gasteiger partial charge in [-0.2, -0.15) is 8.42 Å². The number of hydrogen-bond acceptors (Lipinski definition) is 5. The van der Waals surface area contributed by atoms with Crippen LogP contribution >= 0.6 is 0 Å². The van der Waals surface area contributed by atoms with Gasteiger partial charge in [0, 0.05) is 0 Å². The van der Waals surface area contributed by atoms with Crippen molar-refractivity contribution in [2.24, 2.45) is 0 Å². The van der Waals surface area contributed by atoms with Gasteiger partial charge in [-0.05, 0) is 31.5 Å². The Bertz CT molecular complexity index is 633. The second-order valence-corrected chi connectivity index (χ2v) is 5.51. The minimum atomic E-state index is -4.74. The fourth-order valence-corrected chi connectivity index (χ4v) is 2.07. The molecule has 7 nitrogen and oxygen atoms in total. The molecular formula is C12H14O7S. The van der Waals surface area contributed by atoms with E-state index in [1.54, 1.807) is 13.8 Å². The number of carboxylic acids is 1. The summed E-state index contributed by atoms with van der Waals surface area (Å²) in [7, 11) is -4.74. The molecule has 1 aromatic carbocycles. The Morgan fingerprint density at radius 1 is 1.35 bits per heavy atom. The summed E-state index contributed by atoms with van der Waals surface area (Å²) in [6, 6.07) is 2.77. The van der Waals surface area contributed by atoms with Crippen molar-refractivity contribution in [2.45, 2.75) is 31.3 Å². The Hall–Kier alpha value is -1.93. The molecule has 0 spiro atoms. The van der Waals surface area contributed by atoms with E-state index in [4.69, 9.17) is 14.4 Å². The van der Waals surface area contributed by atoms with Crippen LogP contribution in [0.4, 0.5) is 0 Å². The minimum absolute atomic E-state index is 0.363. The molecule has 0 radical (unpaired) electrons. The van der Waals surface area contributed by atoms with E-state index in [0.29, 0.717) is 12.5 Å². The highest BCUT2D eigenvalue weighted by Gasteiger charge is 2.24. The fraction of sp³-hybridized carbons (Fsp3) is 0.333. The number of rotatable bonds is 5. The Morgan fingerprint density at radius 2 is 1.95 bits per heavy atom. The molecule has 110 valence electrons. The van der Waals surface area contributed by atoms with Gasteiger partial charge in [-0.15, -0.1) is 0 Å². The smallest absolute Gasteiger partial charge is 0.339 e. The van der Waals surface area contributed by atoms with Crippen molar-refractivity contribution in [3.63, 3.8) is 0 Å². The molecule has 20 heavy (non-hydrogen) atoms. The summed E-state index contributed by atoms with van der Waals surface area (Å²) in [5.41, 5.74) is -0.768. The van der Waals surface area contributed by atoms with Crippen LogP contribution in [0.15, 0.2) is 23.1 Å². The monoisotopic (exact) mass is 302 g/mol. The quantitative estimate of drug-likeness (QED) is 0.626. The van der Waals surface area contributed by atoms with E-state index >= 15 is 0 Å². The molecule has 1 aromatic rings. The summed E-state index contributed by atoms with van der Waals surface area (Å²) >= 11 is 0. The predicted octanol–water partition coefficient (Wildman–Crippen LogP) is 1.59. The summed E-state index contributed by atoms with van der Waals surface area (Å²) in [6.45, 7) is 3.39. The standard InChI is InChI=1S/C12H14O7S/c1-3-7(2)19-12(15)9-5-4-8(11(13)14)6-10(9)20(16,17)18/h4-7H,3H2,1-2H3,(H,13,14)(H,16,17,18). The topological polar surface area (TPSA) is 118 Å². The summed E-state index contributed by atoms with van der Waals surface area (Å²) in [4.78, 5) is 21.8. The van der Waals surface area contributed by atoms with Gasteiger partial charge in [-0.1, -0.05) is 6.92 Å². The molecule has 0 fully saturated rings. The van der Waals surface area contributed by atoms with Gasteiger partial charge in [-0.3, -0.25) is 4.55 Å². The van der Waals surface area contributed by atoms with E-state index in [1.165, 1.54) is 0 Å². The van der Waals surface area contributed by atoms with Crippen molar-refractivity contribution < 1.29 is 32.4 Å². The molecule has 0 saturated heterocycles. The van der Waals surface area contributed by atoms with E-state index in [-0.39, 0.29) is 5.56 Å². The highest BCUT2D eigenvalue weighted by Crippen LogP contribution is 2.20. The van der Waals surface area contributed by atoms with Crippen LogP contribution in [-0.4, -0.2) is 36.1 Å². The third-order valence-electron chi connectivity index (χ3n) is 2.61. The Balaban J connectivity index is 3.33. The number of ether oxygens (including phenoxy) is 1. The Morgan fingerprint density at radius 3 is 2.40 bits per heavy atom. The van der Waals surface area contributed by atoms with Crippen LogP contribution in [0, 0.1) is 0 Å². The van der Waals surface area contributed by atoms with Crippen molar-refractivity contribution in [3.05, 3.63) is 29.3 Å². The first-order valence-corrected chi connectivity index (χ1v) is 7.16. The molecule has 1 atom stereocenters. The molecule has 0 bridgehead atoms. The normalized spacial score (nSPS) is 12.8. The number of carboxylic acid groups (broad SMARTS) is 1. The average Bonchev–Trinajstić information content (AvgIpc) is 2.36. The van der Waals surface area contributed by atoms with E-state index in [2.05, 4.69) is 0 Å². The van der Waals surface area contributed by atoms with Crippen molar-refractivity contribution in [1.82, 2.24) is 0 Å². The van der Waals surface area contributed by atoms with E-state index < -0.39 is 38.6 Å². The van der Waals surface area contributed by atoms with Crippen LogP contribution in [0.3, 0.4) is 0 Å². The van der Waals surface area contributed by atoms with Gasteiger partial charge in [-0.25, -0.2) is 9.59 Å². The number of hydrogen-bond donors (Lipinski definition) is 2. The zero-order valence-corrected chi connectivity index (χ0v) is 11.7. The number of esters is 1. The second-order valence-electron chi connectivity index (χ2n) is 4.12. The zero-order chi connectivity index (χ0) is 15.5. The first kappa shape index (κ1) is 16.1. The highest BCUT2D eigenvalue weighted by molar-refractivity contribution is 7.86. The van der Waals surface area contributed by atoms with Crippen LogP contribution in [0.1, 0.15) is 41.0 Å². The largest absolute Gasteiger partial charge is 0.478 e. The minimum Gasteiger partial charge on any atom is -0.478 e. The summed E-state index contributed by atoms with van der Waals surface area (Å²) in [5.74, 6) is -2.32. The second kappa shape index (κ2) is 6.02.